The van der Waals surface area contributed by atoms with Crippen LogP contribution in [0.4, 0.5) is 5.82 Å². The summed E-state index contributed by atoms with van der Waals surface area (Å²) in [7, 11) is 2.07. The van der Waals surface area contributed by atoms with Gasteiger partial charge in [-0.2, -0.15) is 0 Å². The average molecular weight is 326 g/mol. The lowest BCUT2D eigenvalue weighted by atomic mass is 10.2. The van der Waals surface area contributed by atoms with E-state index in [1.165, 1.54) is 4.70 Å². The quantitative estimate of drug-likeness (QED) is 0.556. The van der Waals surface area contributed by atoms with Crippen molar-refractivity contribution in [2.24, 2.45) is 0 Å². The first-order valence-corrected chi connectivity index (χ1v) is 8.70. The number of thiophene rings is 1. The molecule has 0 amide bonds. The maximum atomic E-state index is 4.76. The second-order valence-electron chi connectivity index (χ2n) is 5.14. The molecule has 4 rings (SSSR count). The van der Waals surface area contributed by atoms with E-state index in [2.05, 4.69) is 58.5 Å². The smallest absolute Gasteiger partial charge is 0.141 e. The third-order valence-electron chi connectivity index (χ3n) is 3.82. The van der Waals surface area contributed by atoms with Crippen LogP contribution in [0.3, 0.4) is 0 Å². The number of thiazole rings is 1. The number of rotatable bonds is 3. The first-order chi connectivity index (χ1) is 10.7. The molecule has 0 bridgehead atoms. The highest BCUT2D eigenvalue weighted by atomic mass is 32.1. The summed E-state index contributed by atoms with van der Waals surface area (Å²) in [5.74, 6) is 0.956. The summed E-state index contributed by atoms with van der Waals surface area (Å²) in [6.45, 7) is 2.16. The number of anilines is 1. The number of fused-ring (bicyclic) bond motifs is 2. The van der Waals surface area contributed by atoms with Crippen LogP contribution in [0.15, 0.2) is 42.0 Å². The van der Waals surface area contributed by atoms with Crippen molar-refractivity contribution >= 4 is 48.9 Å². The van der Waals surface area contributed by atoms with Crippen LogP contribution in [-0.2, 0) is 0 Å². The van der Waals surface area contributed by atoms with Crippen LogP contribution in [0.2, 0.25) is 0 Å². The molecule has 1 atom stereocenters. The van der Waals surface area contributed by atoms with E-state index in [9.17, 15) is 0 Å². The van der Waals surface area contributed by atoms with Gasteiger partial charge in [0, 0.05) is 7.05 Å². The summed E-state index contributed by atoms with van der Waals surface area (Å²) in [5, 5.41) is 4.26. The van der Waals surface area contributed by atoms with Crippen LogP contribution < -0.4 is 4.90 Å². The van der Waals surface area contributed by atoms with Gasteiger partial charge in [-0.1, -0.05) is 12.1 Å². The van der Waals surface area contributed by atoms with Gasteiger partial charge in [-0.3, -0.25) is 0 Å². The third-order valence-corrected chi connectivity index (χ3v) is 5.85. The summed E-state index contributed by atoms with van der Waals surface area (Å²) in [6, 6.07) is 10.5. The highest BCUT2D eigenvalue weighted by molar-refractivity contribution is 7.18. The monoisotopic (exact) mass is 326 g/mol. The molecule has 6 heteroatoms. The van der Waals surface area contributed by atoms with Gasteiger partial charge in [-0.15, -0.1) is 22.7 Å². The summed E-state index contributed by atoms with van der Waals surface area (Å²) in [4.78, 5) is 16.8. The SMILES string of the molecule is CC(c1nc2ccccc2s1)N(C)c1ncnc2sccc12. The second kappa shape index (κ2) is 5.30. The van der Waals surface area contributed by atoms with Gasteiger partial charge in [-0.05, 0) is 30.5 Å². The zero-order valence-corrected chi connectivity index (χ0v) is 13.9. The molecule has 110 valence electrons. The van der Waals surface area contributed by atoms with Crippen LogP contribution in [0.25, 0.3) is 20.4 Å². The number of nitrogens with zero attached hydrogens (tertiary/aromatic N) is 4. The van der Waals surface area contributed by atoms with Crippen molar-refractivity contribution in [1.82, 2.24) is 15.0 Å². The summed E-state index contributed by atoms with van der Waals surface area (Å²) < 4.78 is 1.22. The number of aromatic nitrogens is 3. The molecular formula is C16H14N4S2. The predicted molar refractivity (Wildman–Crippen MR) is 93.9 cm³/mol. The molecule has 3 heterocycles. The minimum absolute atomic E-state index is 0.162. The fourth-order valence-electron chi connectivity index (χ4n) is 2.48. The molecule has 0 fully saturated rings. The molecule has 1 unspecified atom stereocenters. The summed E-state index contributed by atoms with van der Waals surface area (Å²) >= 11 is 3.38. The maximum Gasteiger partial charge on any atom is 0.141 e. The van der Waals surface area contributed by atoms with Crippen LogP contribution in [0, 0.1) is 0 Å². The van der Waals surface area contributed by atoms with E-state index in [-0.39, 0.29) is 6.04 Å². The predicted octanol–water partition coefficient (Wildman–Crippen LogP) is 4.50. The normalized spacial score (nSPS) is 12.8. The molecule has 0 saturated carbocycles. The van der Waals surface area contributed by atoms with E-state index in [1.54, 1.807) is 29.0 Å². The van der Waals surface area contributed by atoms with Crippen molar-refractivity contribution in [2.45, 2.75) is 13.0 Å². The lowest BCUT2D eigenvalue weighted by Crippen LogP contribution is -2.22. The number of hydrogen-bond donors (Lipinski definition) is 0. The van der Waals surface area contributed by atoms with Crippen molar-refractivity contribution < 1.29 is 0 Å². The van der Waals surface area contributed by atoms with E-state index >= 15 is 0 Å². The molecule has 0 aliphatic carbocycles. The van der Waals surface area contributed by atoms with Gasteiger partial charge in [0.25, 0.3) is 0 Å². The fourth-order valence-corrected chi connectivity index (χ4v) is 4.27. The van der Waals surface area contributed by atoms with E-state index in [0.29, 0.717) is 0 Å². The Bertz CT molecular complexity index is 910. The van der Waals surface area contributed by atoms with E-state index < -0.39 is 0 Å². The molecule has 0 radical (unpaired) electrons. The van der Waals surface area contributed by atoms with E-state index in [0.717, 1.165) is 26.6 Å². The van der Waals surface area contributed by atoms with Gasteiger partial charge in [-0.25, -0.2) is 15.0 Å². The lowest BCUT2D eigenvalue weighted by Gasteiger charge is -2.24. The zero-order valence-electron chi connectivity index (χ0n) is 12.2. The Morgan fingerprint density at radius 1 is 1.14 bits per heavy atom. The van der Waals surface area contributed by atoms with Gasteiger partial charge in [0.15, 0.2) is 0 Å². The first-order valence-electron chi connectivity index (χ1n) is 7.00. The van der Waals surface area contributed by atoms with Crippen molar-refractivity contribution in [3.63, 3.8) is 0 Å². The van der Waals surface area contributed by atoms with Crippen molar-refractivity contribution in [3.8, 4) is 0 Å². The van der Waals surface area contributed by atoms with Gasteiger partial charge in [0.2, 0.25) is 0 Å². The Balaban J connectivity index is 1.75. The minimum atomic E-state index is 0.162. The Morgan fingerprint density at radius 2 is 2.00 bits per heavy atom. The fraction of sp³-hybridized carbons (Fsp3) is 0.188. The van der Waals surface area contributed by atoms with E-state index in [1.807, 2.05) is 6.07 Å². The average Bonchev–Trinajstić information content (AvgIpc) is 3.19. The molecule has 22 heavy (non-hydrogen) atoms. The highest BCUT2D eigenvalue weighted by Crippen LogP contribution is 2.34. The zero-order chi connectivity index (χ0) is 15.1. The maximum absolute atomic E-state index is 4.76. The van der Waals surface area contributed by atoms with Gasteiger partial charge in [0.05, 0.1) is 21.6 Å². The molecule has 4 nitrogen and oxygen atoms in total. The Hall–Kier alpha value is -2.05. The molecule has 3 aromatic heterocycles. The standard InChI is InChI=1S/C16H14N4S2/c1-10(15-19-12-5-3-4-6-13(12)22-15)20(2)14-11-7-8-21-16(11)18-9-17-14/h3-10H,1-2H3. The molecular weight excluding hydrogens is 312 g/mol. The number of hydrogen-bond acceptors (Lipinski definition) is 6. The largest absolute Gasteiger partial charge is 0.350 e. The molecule has 0 aliphatic rings. The number of para-hydroxylation sites is 1. The van der Waals surface area contributed by atoms with Crippen molar-refractivity contribution in [3.05, 3.63) is 47.0 Å². The van der Waals surface area contributed by atoms with Crippen LogP contribution in [-0.4, -0.2) is 22.0 Å². The molecule has 0 saturated heterocycles. The minimum Gasteiger partial charge on any atom is -0.350 e. The Labute approximate surface area is 136 Å². The topological polar surface area (TPSA) is 41.9 Å². The molecule has 0 spiro atoms. The second-order valence-corrected chi connectivity index (χ2v) is 7.10. The Morgan fingerprint density at radius 3 is 2.86 bits per heavy atom. The van der Waals surface area contributed by atoms with Gasteiger partial charge in [0.1, 0.15) is 22.0 Å². The first kappa shape index (κ1) is 13.6. The third kappa shape index (κ3) is 2.15. The van der Waals surface area contributed by atoms with Crippen LogP contribution in [0.5, 0.6) is 0 Å². The molecule has 1 aromatic carbocycles. The summed E-state index contributed by atoms with van der Waals surface area (Å²) in [5.41, 5.74) is 1.06. The Kier molecular flexibility index (Phi) is 3.28. The lowest BCUT2D eigenvalue weighted by molar-refractivity contribution is 0.726. The molecule has 0 aliphatic heterocycles. The summed E-state index contributed by atoms with van der Waals surface area (Å²) in [6.07, 6.45) is 1.63. The van der Waals surface area contributed by atoms with Gasteiger partial charge >= 0.3 is 0 Å². The molecule has 0 N–H and O–H groups in total. The number of benzene rings is 1. The van der Waals surface area contributed by atoms with Crippen LogP contribution in [0.1, 0.15) is 18.0 Å². The molecule has 4 aromatic rings. The van der Waals surface area contributed by atoms with Crippen LogP contribution >= 0.6 is 22.7 Å². The highest BCUT2D eigenvalue weighted by Gasteiger charge is 2.19. The van der Waals surface area contributed by atoms with Crippen molar-refractivity contribution in [1.29, 1.82) is 0 Å². The van der Waals surface area contributed by atoms with Crippen molar-refractivity contribution in [2.75, 3.05) is 11.9 Å². The van der Waals surface area contributed by atoms with E-state index in [4.69, 9.17) is 4.98 Å². The van der Waals surface area contributed by atoms with Gasteiger partial charge < -0.3 is 4.90 Å².